The van der Waals surface area contributed by atoms with E-state index >= 15 is 0 Å². The van der Waals surface area contributed by atoms with Crippen LogP contribution in [0.1, 0.15) is 33.8 Å². The molecule has 3 aromatic rings. The Hall–Kier alpha value is -3.63. The Bertz CT molecular complexity index is 1020. The number of hydrogen-bond acceptors (Lipinski definition) is 7. The fourth-order valence-corrected chi connectivity index (χ4v) is 2.67. The maximum absolute atomic E-state index is 12.5. The number of imidazole rings is 1. The maximum atomic E-state index is 12.5. The van der Waals surface area contributed by atoms with Gasteiger partial charge in [0.25, 0.3) is 11.8 Å². The van der Waals surface area contributed by atoms with Crippen LogP contribution in [0.3, 0.4) is 0 Å². The zero-order valence-electron chi connectivity index (χ0n) is 14.8. The van der Waals surface area contributed by atoms with Crippen LogP contribution in [-0.4, -0.2) is 56.7 Å². The Morgan fingerprint density at radius 2 is 2.04 bits per heavy atom. The molecule has 11 nitrogen and oxygen atoms in total. The molecule has 5 N–H and O–H groups in total. The third kappa shape index (κ3) is 3.14. The summed E-state index contributed by atoms with van der Waals surface area (Å²) in [5.41, 5.74) is 2.23. The van der Waals surface area contributed by atoms with Gasteiger partial charge in [-0.2, -0.15) is 5.10 Å². The first-order valence-electron chi connectivity index (χ1n) is 8.51. The van der Waals surface area contributed by atoms with Crippen LogP contribution in [0.15, 0.2) is 18.5 Å². The van der Waals surface area contributed by atoms with E-state index in [-0.39, 0.29) is 23.6 Å². The van der Waals surface area contributed by atoms with Crippen molar-refractivity contribution in [2.24, 2.45) is 0 Å². The lowest BCUT2D eigenvalue weighted by Gasteiger charge is -2.10. The smallest absolute Gasteiger partial charge is 0.273 e. The second kappa shape index (κ2) is 6.59. The van der Waals surface area contributed by atoms with Crippen LogP contribution in [0.2, 0.25) is 0 Å². The SMILES string of the molecule is CNC(=O)c1n[nH]cc1Nc1cc(NC)c2ncc(C(=O)NC3CC3)n2n1. The molecular weight excluding hydrogens is 350 g/mol. The fraction of sp³-hybridized carbons (Fsp3) is 0.312. The van der Waals surface area contributed by atoms with E-state index in [1.165, 1.54) is 17.8 Å². The van der Waals surface area contributed by atoms with Gasteiger partial charge in [0.15, 0.2) is 22.9 Å². The number of H-pyrrole nitrogens is 1. The molecule has 0 aliphatic heterocycles. The first-order valence-corrected chi connectivity index (χ1v) is 8.51. The summed E-state index contributed by atoms with van der Waals surface area (Å²) >= 11 is 0. The summed E-state index contributed by atoms with van der Waals surface area (Å²) in [6, 6.07) is 1.97. The number of amides is 2. The van der Waals surface area contributed by atoms with Gasteiger partial charge in [0.1, 0.15) is 0 Å². The van der Waals surface area contributed by atoms with Gasteiger partial charge in [0.2, 0.25) is 0 Å². The predicted octanol–water partition coefficient (Wildman–Crippen LogP) is 0.489. The topological polar surface area (TPSA) is 141 Å². The summed E-state index contributed by atoms with van der Waals surface area (Å²) in [5, 5.41) is 22.6. The molecule has 1 saturated carbocycles. The molecule has 1 aliphatic carbocycles. The minimum Gasteiger partial charge on any atom is -0.385 e. The minimum atomic E-state index is -0.333. The van der Waals surface area contributed by atoms with E-state index in [1.54, 1.807) is 19.3 Å². The molecule has 0 radical (unpaired) electrons. The van der Waals surface area contributed by atoms with Gasteiger partial charge < -0.3 is 21.3 Å². The van der Waals surface area contributed by atoms with E-state index < -0.39 is 0 Å². The fourth-order valence-electron chi connectivity index (χ4n) is 2.67. The molecule has 0 saturated heterocycles. The molecule has 3 heterocycles. The lowest BCUT2D eigenvalue weighted by atomic mass is 10.3. The highest BCUT2D eigenvalue weighted by Gasteiger charge is 2.26. The maximum Gasteiger partial charge on any atom is 0.273 e. The average Bonchev–Trinajstić information content (AvgIpc) is 3.19. The zero-order valence-corrected chi connectivity index (χ0v) is 14.8. The Balaban J connectivity index is 1.72. The van der Waals surface area contributed by atoms with Crippen molar-refractivity contribution in [1.82, 2.24) is 35.4 Å². The highest BCUT2D eigenvalue weighted by atomic mass is 16.2. The Morgan fingerprint density at radius 3 is 2.74 bits per heavy atom. The molecule has 11 heteroatoms. The second-order valence-electron chi connectivity index (χ2n) is 6.17. The van der Waals surface area contributed by atoms with Gasteiger partial charge >= 0.3 is 0 Å². The van der Waals surface area contributed by atoms with Crippen molar-refractivity contribution >= 4 is 34.7 Å². The van der Waals surface area contributed by atoms with Crippen molar-refractivity contribution in [2.75, 3.05) is 24.7 Å². The number of anilines is 3. The monoisotopic (exact) mass is 369 g/mol. The molecule has 4 rings (SSSR count). The Morgan fingerprint density at radius 1 is 1.22 bits per heavy atom. The third-order valence-corrected chi connectivity index (χ3v) is 4.23. The van der Waals surface area contributed by atoms with Crippen LogP contribution in [0, 0.1) is 0 Å². The van der Waals surface area contributed by atoms with Crippen LogP contribution in [0.5, 0.6) is 0 Å². The summed E-state index contributed by atoms with van der Waals surface area (Å²) in [5.74, 6) is -0.122. The number of nitrogens with zero attached hydrogens (tertiary/aromatic N) is 4. The highest BCUT2D eigenvalue weighted by molar-refractivity contribution is 5.98. The van der Waals surface area contributed by atoms with Gasteiger partial charge in [-0.25, -0.2) is 9.50 Å². The molecule has 1 fully saturated rings. The number of aromatic nitrogens is 5. The van der Waals surface area contributed by atoms with Gasteiger partial charge in [0.05, 0.1) is 17.6 Å². The van der Waals surface area contributed by atoms with Gasteiger partial charge in [-0.3, -0.25) is 14.7 Å². The highest BCUT2D eigenvalue weighted by Crippen LogP contribution is 2.24. The quantitative estimate of drug-likeness (QED) is 0.426. The van der Waals surface area contributed by atoms with E-state index in [9.17, 15) is 9.59 Å². The summed E-state index contributed by atoms with van der Waals surface area (Å²) in [6.45, 7) is 0. The standard InChI is InChI=1S/C16H19N9O2/c1-17-9-5-12(22-10-6-20-23-13(10)16(27)18-2)24-25-11(7-19-14(9)25)15(26)21-8-3-4-8/h5-8,17H,3-4H2,1-2H3,(H,18,27)(H,20,23)(H,21,26)(H,22,24). The number of rotatable bonds is 6. The van der Waals surface area contributed by atoms with E-state index in [2.05, 4.69) is 41.5 Å². The summed E-state index contributed by atoms with van der Waals surface area (Å²) in [4.78, 5) is 28.7. The number of hydrogen-bond donors (Lipinski definition) is 5. The number of aromatic amines is 1. The van der Waals surface area contributed by atoms with E-state index in [0.717, 1.165) is 12.8 Å². The van der Waals surface area contributed by atoms with Crippen molar-refractivity contribution in [3.8, 4) is 0 Å². The number of fused-ring (bicyclic) bond motifs is 1. The molecule has 140 valence electrons. The average molecular weight is 369 g/mol. The molecule has 0 atom stereocenters. The molecule has 0 aromatic carbocycles. The largest absolute Gasteiger partial charge is 0.385 e. The van der Waals surface area contributed by atoms with Gasteiger partial charge in [0, 0.05) is 32.4 Å². The predicted molar refractivity (Wildman–Crippen MR) is 98.3 cm³/mol. The Kier molecular flexibility index (Phi) is 4.11. The van der Waals surface area contributed by atoms with Crippen molar-refractivity contribution in [1.29, 1.82) is 0 Å². The molecule has 27 heavy (non-hydrogen) atoms. The van der Waals surface area contributed by atoms with Crippen molar-refractivity contribution in [3.05, 3.63) is 29.8 Å². The number of nitrogens with one attached hydrogen (secondary N) is 5. The minimum absolute atomic E-state index is 0.211. The van der Waals surface area contributed by atoms with Crippen LogP contribution >= 0.6 is 0 Å². The summed E-state index contributed by atoms with van der Waals surface area (Å²) in [6.07, 6.45) is 5.04. The van der Waals surface area contributed by atoms with E-state index in [0.29, 0.717) is 28.5 Å². The van der Waals surface area contributed by atoms with Crippen LogP contribution in [0.4, 0.5) is 17.2 Å². The third-order valence-electron chi connectivity index (χ3n) is 4.23. The lowest BCUT2D eigenvalue weighted by Crippen LogP contribution is -2.27. The molecule has 0 bridgehead atoms. The Labute approximate surface area is 153 Å². The molecule has 2 amide bonds. The van der Waals surface area contributed by atoms with Crippen LogP contribution in [-0.2, 0) is 0 Å². The molecule has 0 unspecified atom stereocenters. The lowest BCUT2D eigenvalue weighted by molar-refractivity contribution is 0.0940. The number of carbonyl (C=O) groups excluding carboxylic acids is 2. The molecule has 1 aliphatic rings. The zero-order chi connectivity index (χ0) is 19.0. The first-order chi connectivity index (χ1) is 13.1. The molecule has 0 spiro atoms. The number of carbonyl (C=O) groups is 2. The van der Waals surface area contributed by atoms with E-state index in [1.807, 2.05) is 0 Å². The molecular formula is C16H19N9O2. The summed E-state index contributed by atoms with van der Waals surface area (Å²) < 4.78 is 1.48. The van der Waals surface area contributed by atoms with Crippen molar-refractivity contribution in [3.63, 3.8) is 0 Å². The summed E-state index contributed by atoms with van der Waals surface area (Å²) in [7, 11) is 3.28. The normalized spacial score (nSPS) is 13.4. The van der Waals surface area contributed by atoms with Gasteiger partial charge in [-0.1, -0.05) is 0 Å². The van der Waals surface area contributed by atoms with Gasteiger partial charge in [-0.15, -0.1) is 5.10 Å². The molecule has 3 aromatic heterocycles. The first kappa shape index (κ1) is 16.8. The van der Waals surface area contributed by atoms with Crippen LogP contribution < -0.4 is 21.3 Å². The van der Waals surface area contributed by atoms with Gasteiger partial charge in [-0.05, 0) is 12.8 Å². The van der Waals surface area contributed by atoms with Crippen molar-refractivity contribution in [2.45, 2.75) is 18.9 Å². The second-order valence-corrected chi connectivity index (χ2v) is 6.17. The van der Waals surface area contributed by atoms with Crippen LogP contribution in [0.25, 0.3) is 5.65 Å². The van der Waals surface area contributed by atoms with E-state index in [4.69, 9.17) is 0 Å². The van der Waals surface area contributed by atoms with Crippen molar-refractivity contribution < 1.29 is 9.59 Å².